The van der Waals surface area contributed by atoms with Crippen LogP contribution in [0.4, 0.5) is 0 Å². The van der Waals surface area contributed by atoms with Crippen LogP contribution in [0.5, 0.6) is 11.5 Å². The molecule has 0 spiro atoms. The van der Waals surface area contributed by atoms with E-state index in [1.165, 1.54) is 26.4 Å². The third-order valence-electron chi connectivity index (χ3n) is 3.36. The van der Waals surface area contributed by atoms with Crippen molar-refractivity contribution in [3.8, 4) is 11.5 Å². The Morgan fingerprint density at radius 3 is 2.27 bits per heavy atom. The van der Waals surface area contributed by atoms with Gasteiger partial charge in [0.15, 0.2) is 11.5 Å². The fourth-order valence-electron chi connectivity index (χ4n) is 2.43. The molecule has 0 fully saturated rings. The predicted molar refractivity (Wildman–Crippen MR) is 86.8 cm³/mol. The molecule has 0 amide bonds. The Bertz CT molecular complexity index is 602. The first-order valence-corrected chi connectivity index (χ1v) is 8.62. The van der Waals surface area contributed by atoms with Crippen LogP contribution in [0.3, 0.4) is 0 Å². The average molecular weight is 330 g/mol. The number of rotatable bonds is 8. The summed E-state index contributed by atoms with van der Waals surface area (Å²) in [6, 6.07) is 4.49. The van der Waals surface area contributed by atoms with Crippen LogP contribution in [0, 0.1) is 5.92 Å². The molecule has 0 heterocycles. The van der Waals surface area contributed by atoms with Gasteiger partial charge in [0, 0.05) is 18.2 Å². The second-order valence-corrected chi connectivity index (χ2v) is 7.67. The highest BCUT2D eigenvalue weighted by atomic mass is 32.2. The van der Waals surface area contributed by atoms with E-state index < -0.39 is 15.6 Å². The maximum Gasteiger partial charge on any atom is 0.241 e. The summed E-state index contributed by atoms with van der Waals surface area (Å²) >= 11 is 0. The number of hydrogen-bond donors (Lipinski definition) is 2. The lowest BCUT2D eigenvalue weighted by molar-refractivity contribution is 0.343. The molecule has 0 aromatic heterocycles. The molecule has 0 radical (unpaired) electrons. The van der Waals surface area contributed by atoms with Crippen molar-refractivity contribution in [3.63, 3.8) is 0 Å². The van der Waals surface area contributed by atoms with Crippen molar-refractivity contribution >= 4 is 10.0 Å². The molecule has 22 heavy (non-hydrogen) atoms. The largest absolute Gasteiger partial charge is 0.493 e. The van der Waals surface area contributed by atoms with Crippen molar-refractivity contribution in [3.05, 3.63) is 18.2 Å². The Kier molecular flexibility index (Phi) is 6.22. The lowest BCUT2D eigenvalue weighted by atomic mass is 9.92. The fourth-order valence-corrected chi connectivity index (χ4v) is 3.88. The Labute approximate surface area is 133 Å². The van der Waals surface area contributed by atoms with Crippen molar-refractivity contribution < 1.29 is 17.9 Å². The van der Waals surface area contributed by atoms with Crippen LogP contribution in [-0.4, -0.2) is 34.7 Å². The Morgan fingerprint density at radius 1 is 1.23 bits per heavy atom. The lowest BCUT2D eigenvalue weighted by Crippen LogP contribution is -2.51. The van der Waals surface area contributed by atoms with Gasteiger partial charge in [-0.1, -0.05) is 13.8 Å². The SMILES string of the molecule is COc1ccc(S(=O)(=O)NC(C)(CN)CC(C)C)cc1OC. The van der Waals surface area contributed by atoms with E-state index >= 15 is 0 Å². The van der Waals surface area contributed by atoms with Gasteiger partial charge >= 0.3 is 0 Å². The number of benzene rings is 1. The first kappa shape index (κ1) is 18.7. The summed E-state index contributed by atoms with van der Waals surface area (Å²) in [6.45, 7) is 6.08. The van der Waals surface area contributed by atoms with E-state index in [4.69, 9.17) is 15.2 Å². The van der Waals surface area contributed by atoms with Gasteiger partial charge in [-0.15, -0.1) is 0 Å². The van der Waals surface area contributed by atoms with E-state index in [1.54, 1.807) is 6.07 Å². The Balaban J connectivity index is 3.13. The van der Waals surface area contributed by atoms with Crippen LogP contribution >= 0.6 is 0 Å². The predicted octanol–water partition coefficient (Wildman–Crippen LogP) is 1.75. The normalized spacial score (nSPS) is 14.7. The van der Waals surface area contributed by atoms with Crippen molar-refractivity contribution in [2.75, 3.05) is 20.8 Å². The Morgan fingerprint density at radius 2 is 1.82 bits per heavy atom. The molecule has 0 aliphatic carbocycles. The zero-order valence-corrected chi connectivity index (χ0v) is 14.7. The van der Waals surface area contributed by atoms with E-state index in [0.717, 1.165) is 0 Å². The third-order valence-corrected chi connectivity index (χ3v) is 4.99. The van der Waals surface area contributed by atoms with Gasteiger partial charge in [-0.2, -0.15) is 0 Å². The van der Waals surface area contributed by atoms with Crippen molar-refractivity contribution in [1.82, 2.24) is 4.72 Å². The van der Waals surface area contributed by atoms with Gasteiger partial charge in [-0.3, -0.25) is 0 Å². The number of nitrogens with two attached hydrogens (primary N) is 1. The maximum atomic E-state index is 12.6. The van der Waals surface area contributed by atoms with Gasteiger partial charge in [0.25, 0.3) is 0 Å². The molecule has 3 N–H and O–H groups in total. The van der Waals surface area contributed by atoms with Gasteiger partial charge < -0.3 is 15.2 Å². The molecule has 0 bridgehead atoms. The van der Waals surface area contributed by atoms with Gasteiger partial charge in [-0.05, 0) is 31.4 Å². The second kappa shape index (κ2) is 7.30. The minimum absolute atomic E-state index is 0.119. The summed E-state index contributed by atoms with van der Waals surface area (Å²) in [7, 11) is -0.738. The minimum atomic E-state index is -3.70. The van der Waals surface area contributed by atoms with E-state index in [9.17, 15) is 8.42 Å². The van der Waals surface area contributed by atoms with Crippen molar-refractivity contribution in [2.45, 2.75) is 37.6 Å². The molecule has 1 aromatic rings. The van der Waals surface area contributed by atoms with Crippen molar-refractivity contribution in [2.24, 2.45) is 11.7 Å². The van der Waals surface area contributed by atoms with Crippen LogP contribution < -0.4 is 19.9 Å². The summed E-state index contributed by atoms with van der Waals surface area (Å²) in [4.78, 5) is 0.119. The van der Waals surface area contributed by atoms with Crippen LogP contribution in [0.25, 0.3) is 0 Å². The van der Waals surface area contributed by atoms with Crippen LogP contribution in [-0.2, 0) is 10.0 Å². The molecule has 1 unspecified atom stereocenters. The topological polar surface area (TPSA) is 90.7 Å². The highest BCUT2D eigenvalue weighted by molar-refractivity contribution is 7.89. The van der Waals surface area contributed by atoms with Gasteiger partial charge in [-0.25, -0.2) is 13.1 Å². The summed E-state index contributed by atoms with van der Waals surface area (Å²) < 4.78 is 38.2. The molecule has 126 valence electrons. The molecule has 7 heteroatoms. The summed E-state index contributed by atoms with van der Waals surface area (Å²) in [6.07, 6.45) is 0.649. The first-order chi connectivity index (χ1) is 10.2. The standard InChI is InChI=1S/C15H26N2O4S/c1-11(2)9-15(3,10-16)17-22(18,19)12-6-7-13(20-4)14(8-12)21-5/h6-8,11,17H,9-10,16H2,1-5H3. The smallest absolute Gasteiger partial charge is 0.241 e. The minimum Gasteiger partial charge on any atom is -0.493 e. The molecule has 1 atom stereocenters. The first-order valence-electron chi connectivity index (χ1n) is 7.13. The van der Waals surface area contributed by atoms with Crippen LogP contribution in [0.1, 0.15) is 27.2 Å². The fraction of sp³-hybridized carbons (Fsp3) is 0.600. The van der Waals surface area contributed by atoms with Crippen molar-refractivity contribution in [1.29, 1.82) is 0 Å². The zero-order valence-electron chi connectivity index (χ0n) is 13.8. The second-order valence-electron chi connectivity index (χ2n) is 5.99. The summed E-state index contributed by atoms with van der Waals surface area (Å²) in [5.41, 5.74) is 5.08. The number of ether oxygens (including phenoxy) is 2. The number of methoxy groups -OCH3 is 2. The molecule has 1 aromatic carbocycles. The van der Waals surface area contributed by atoms with E-state index in [2.05, 4.69) is 4.72 Å². The molecule has 0 aliphatic rings. The Hall–Kier alpha value is -1.31. The van der Waals surface area contributed by atoms with Gasteiger partial charge in [0.2, 0.25) is 10.0 Å². The van der Waals surface area contributed by atoms with E-state index in [-0.39, 0.29) is 11.4 Å². The third kappa shape index (κ3) is 4.59. The van der Waals surface area contributed by atoms with Gasteiger partial charge in [0.1, 0.15) is 0 Å². The molecular formula is C15H26N2O4S. The van der Waals surface area contributed by atoms with Crippen LogP contribution in [0.2, 0.25) is 0 Å². The maximum absolute atomic E-state index is 12.6. The molecule has 6 nitrogen and oxygen atoms in total. The van der Waals surface area contributed by atoms with Crippen LogP contribution in [0.15, 0.2) is 23.1 Å². The molecule has 1 rings (SSSR count). The van der Waals surface area contributed by atoms with Gasteiger partial charge in [0.05, 0.1) is 19.1 Å². The quantitative estimate of drug-likeness (QED) is 0.758. The monoisotopic (exact) mass is 330 g/mol. The molecule has 0 saturated heterocycles. The molecule has 0 aliphatic heterocycles. The van der Waals surface area contributed by atoms with E-state index in [0.29, 0.717) is 23.8 Å². The molecule has 0 saturated carbocycles. The zero-order chi connectivity index (χ0) is 17.0. The highest BCUT2D eigenvalue weighted by Gasteiger charge is 2.30. The summed E-state index contributed by atoms with van der Waals surface area (Å²) in [5.74, 6) is 1.16. The summed E-state index contributed by atoms with van der Waals surface area (Å²) in [5, 5.41) is 0. The number of hydrogen-bond acceptors (Lipinski definition) is 5. The number of nitrogens with one attached hydrogen (secondary N) is 1. The average Bonchev–Trinajstić information content (AvgIpc) is 2.44. The van der Waals surface area contributed by atoms with E-state index in [1.807, 2.05) is 20.8 Å². The lowest BCUT2D eigenvalue weighted by Gasteiger charge is -2.30. The molecular weight excluding hydrogens is 304 g/mol. The highest BCUT2D eigenvalue weighted by Crippen LogP contribution is 2.30. The number of sulfonamides is 1.